The highest BCUT2D eigenvalue weighted by Crippen LogP contribution is 2.51. The Morgan fingerprint density at radius 2 is 2.11 bits per heavy atom. The topological polar surface area (TPSA) is 12.0 Å². The summed E-state index contributed by atoms with van der Waals surface area (Å²) in [5, 5.41) is 4.47. The molecule has 1 heterocycles. The molecule has 1 aliphatic carbocycles. The van der Waals surface area contributed by atoms with E-state index in [9.17, 15) is 0 Å². The van der Waals surface area contributed by atoms with Gasteiger partial charge in [0.2, 0.25) is 0 Å². The molecule has 0 saturated heterocycles. The van der Waals surface area contributed by atoms with Gasteiger partial charge in [-0.3, -0.25) is 0 Å². The van der Waals surface area contributed by atoms with Gasteiger partial charge in [-0.25, -0.2) is 0 Å². The molecular weight excluding hydrogens is 238 g/mol. The molecule has 98 valence electrons. The van der Waals surface area contributed by atoms with Gasteiger partial charge in [0.25, 0.3) is 0 Å². The summed E-state index contributed by atoms with van der Waals surface area (Å²) in [6, 6.07) is 8.85. The van der Waals surface area contributed by atoms with Crippen molar-refractivity contribution in [3.8, 4) is 0 Å². The van der Waals surface area contributed by atoms with E-state index in [0.717, 1.165) is 17.7 Å². The van der Waals surface area contributed by atoms with E-state index in [2.05, 4.69) is 55.2 Å². The zero-order valence-electron chi connectivity index (χ0n) is 11.4. The second-order valence-corrected chi connectivity index (χ2v) is 7.54. The second-order valence-electron chi connectivity index (χ2n) is 6.20. The Bertz CT molecular complexity index is 398. The molecule has 2 heteroatoms. The van der Waals surface area contributed by atoms with E-state index >= 15 is 0 Å². The monoisotopic (exact) mass is 261 g/mol. The predicted molar refractivity (Wildman–Crippen MR) is 79.2 cm³/mol. The molecule has 0 radical (unpaired) electrons. The summed E-state index contributed by atoms with van der Waals surface area (Å²) in [6.07, 6.45) is 4.09. The average molecular weight is 261 g/mol. The summed E-state index contributed by atoms with van der Waals surface area (Å²) in [5.41, 5.74) is 2.18. The number of fused-ring (bicyclic) bond motifs is 1. The molecule has 0 aromatic heterocycles. The summed E-state index contributed by atoms with van der Waals surface area (Å²) in [5.74, 6) is 0.832. The van der Waals surface area contributed by atoms with Gasteiger partial charge in [-0.15, -0.1) is 11.8 Å². The first-order valence-electron chi connectivity index (χ1n) is 7.15. The van der Waals surface area contributed by atoms with Crippen LogP contribution in [-0.4, -0.2) is 18.3 Å². The Balaban J connectivity index is 1.46. The summed E-state index contributed by atoms with van der Waals surface area (Å²) in [4.78, 5) is 1.49. The summed E-state index contributed by atoms with van der Waals surface area (Å²) < 4.78 is 0. The van der Waals surface area contributed by atoms with E-state index in [1.165, 1.54) is 30.7 Å². The van der Waals surface area contributed by atoms with Crippen molar-refractivity contribution in [1.29, 1.82) is 0 Å². The van der Waals surface area contributed by atoms with Gasteiger partial charge < -0.3 is 5.32 Å². The van der Waals surface area contributed by atoms with Crippen LogP contribution in [0, 0.1) is 11.3 Å². The lowest BCUT2D eigenvalue weighted by atomic mass is 9.92. The van der Waals surface area contributed by atoms with Crippen LogP contribution in [0.15, 0.2) is 29.2 Å². The maximum absolute atomic E-state index is 3.73. The average Bonchev–Trinajstić information content (AvgIpc) is 3.03. The first-order valence-corrected chi connectivity index (χ1v) is 8.03. The Kier molecular flexibility index (Phi) is 3.42. The number of rotatable bonds is 5. The van der Waals surface area contributed by atoms with Crippen LogP contribution < -0.4 is 5.32 Å². The minimum absolute atomic E-state index is 0.635. The Morgan fingerprint density at radius 1 is 1.33 bits per heavy atom. The SMILES string of the molecule is CC(C)C1(CNCC2Cc3ccccc3S2)CC1. The first kappa shape index (κ1) is 12.6. The van der Waals surface area contributed by atoms with Crippen LogP contribution >= 0.6 is 11.8 Å². The highest BCUT2D eigenvalue weighted by molar-refractivity contribution is 8.00. The lowest BCUT2D eigenvalue weighted by Gasteiger charge is -2.21. The molecule has 0 spiro atoms. The summed E-state index contributed by atoms with van der Waals surface area (Å²) in [7, 11) is 0. The molecule has 1 atom stereocenters. The van der Waals surface area contributed by atoms with Gasteiger partial charge in [0.1, 0.15) is 0 Å². The summed E-state index contributed by atoms with van der Waals surface area (Å²) in [6.45, 7) is 7.12. The number of hydrogen-bond donors (Lipinski definition) is 1. The summed E-state index contributed by atoms with van der Waals surface area (Å²) >= 11 is 2.05. The maximum atomic E-state index is 3.73. The predicted octanol–water partition coefficient (Wildman–Crippen LogP) is 3.73. The molecular formula is C16H23NS. The van der Waals surface area contributed by atoms with E-state index in [4.69, 9.17) is 0 Å². The van der Waals surface area contributed by atoms with Crippen molar-refractivity contribution < 1.29 is 0 Å². The molecule has 1 aromatic rings. The fourth-order valence-corrected chi connectivity index (χ4v) is 4.25. The van der Waals surface area contributed by atoms with Crippen LogP contribution in [0.1, 0.15) is 32.3 Å². The zero-order chi connectivity index (χ0) is 12.6. The normalized spacial score (nSPS) is 24.3. The van der Waals surface area contributed by atoms with Gasteiger partial charge >= 0.3 is 0 Å². The molecule has 0 amide bonds. The lowest BCUT2D eigenvalue weighted by Crippen LogP contribution is -2.32. The first-order chi connectivity index (χ1) is 8.70. The number of nitrogens with one attached hydrogen (secondary N) is 1. The molecule has 1 unspecified atom stereocenters. The molecule has 0 bridgehead atoms. The highest BCUT2D eigenvalue weighted by atomic mass is 32.2. The van der Waals surface area contributed by atoms with Gasteiger partial charge in [-0.05, 0) is 42.2 Å². The Labute approximate surface area is 115 Å². The molecule has 1 fully saturated rings. The van der Waals surface area contributed by atoms with E-state index < -0.39 is 0 Å². The fourth-order valence-electron chi connectivity index (χ4n) is 2.97. The molecule has 1 aromatic carbocycles. The fraction of sp³-hybridized carbons (Fsp3) is 0.625. The minimum atomic E-state index is 0.635. The molecule has 18 heavy (non-hydrogen) atoms. The van der Waals surface area contributed by atoms with E-state index in [-0.39, 0.29) is 0 Å². The van der Waals surface area contributed by atoms with Crippen molar-refractivity contribution in [1.82, 2.24) is 5.32 Å². The highest BCUT2D eigenvalue weighted by Gasteiger charge is 2.44. The van der Waals surface area contributed by atoms with Crippen molar-refractivity contribution in [2.75, 3.05) is 13.1 Å². The maximum Gasteiger partial charge on any atom is 0.0260 e. The van der Waals surface area contributed by atoms with E-state index in [0.29, 0.717) is 5.41 Å². The van der Waals surface area contributed by atoms with Gasteiger partial charge in [-0.1, -0.05) is 32.0 Å². The molecule has 3 rings (SSSR count). The van der Waals surface area contributed by atoms with Gasteiger partial charge in [0.15, 0.2) is 0 Å². The smallest absolute Gasteiger partial charge is 0.0260 e. The zero-order valence-corrected chi connectivity index (χ0v) is 12.2. The van der Waals surface area contributed by atoms with E-state index in [1.54, 1.807) is 5.56 Å². The lowest BCUT2D eigenvalue weighted by molar-refractivity contribution is 0.339. The molecule has 1 nitrogen and oxygen atoms in total. The van der Waals surface area contributed by atoms with Crippen molar-refractivity contribution in [3.63, 3.8) is 0 Å². The Hall–Kier alpha value is -0.470. The van der Waals surface area contributed by atoms with Crippen LogP contribution in [0.2, 0.25) is 0 Å². The van der Waals surface area contributed by atoms with Gasteiger partial charge in [-0.2, -0.15) is 0 Å². The number of hydrogen-bond acceptors (Lipinski definition) is 2. The van der Waals surface area contributed by atoms with Crippen molar-refractivity contribution in [3.05, 3.63) is 29.8 Å². The van der Waals surface area contributed by atoms with Crippen molar-refractivity contribution >= 4 is 11.8 Å². The molecule has 1 saturated carbocycles. The second kappa shape index (κ2) is 4.90. The molecule has 1 N–H and O–H groups in total. The van der Waals surface area contributed by atoms with E-state index in [1.807, 2.05) is 0 Å². The largest absolute Gasteiger partial charge is 0.315 e. The third kappa shape index (κ3) is 2.46. The van der Waals surface area contributed by atoms with Crippen LogP contribution in [0.25, 0.3) is 0 Å². The van der Waals surface area contributed by atoms with Crippen molar-refractivity contribution in [2.45, 2.75) is 43.3 Å². The van der Waals surface area contributed by atoms with Gasteiger partial charge in [0.05, 0.1) is 0 Å². The quantitative estimate of drug-likeness (QED) is 0.867. The van der Waals surface area contributed by atoms with Crippen LogP contribution in [0.3, 0.4) is 0 Å². The Morgan fingerprint density at radius 3 is 2.78 bits per heavy atom. The third-order valence-corrected chi connectivity index (χ3v) is 6.00. The minimum Gasteiger partial charge on any atom is -0.315 e. The number of thioether (sulfide) groups is 1. The molecule has 1 aliphatic heterocycles. The standard InChI is InChI=1S/C16H23NS/c1-12(2)16(7-8-16)11-17-10-14-9-13-5-3-4-6-15(13)18-14/h3-6,12,14,17H,7-11H2,1-2H3. The third-order valence-electron chi connectivity index (χ3n) is 4.68. The van der Waals surface area contributed by atoms with Crippen LogP contribution in [0.4, 0.5) is 0 Å². The number of benzene rings is 1. The molecule has 2 aliphatic rings. The van der Waals surface area contributed by atoms with Crippen LogP contribution in [0.5, 0.6) is 0 Å². The van der Waals surface area contributed by atoms with Crippen LogP contribution in [-0.2, 0) is 6.42 Å². The van der Waals surface area contributed by atoms with Crippen molar-refractivity contribution in [2.24, 2.45) is 11.3 Å². The van der Waals surface area contributed by atoms with Gasteiger partial charge in [0, 0.05) is 23.2 Å².